The number of anilines is 1. The van der Waals surface area contributed by atoms with Gasteiger partial charge in [0.15, 0.2) is 0 Å². The third-order valence-corrected chi connectivity index (χ3v) is 3.18. The van der Waals surface area contributed by atoms with Crippen LogP contribution in [0.25, 0.3) is 0 Å². The van der Waals surface area contributed by atoms with Crippen molar-refractivity contribution in [1.82, 2.24) is 9.97 Å². The van der Waals surface area contributed by atoms with Crippen molar-refractivity contribution in [2.24, 2.45) is 5.84 Å². The van der Waals surface area contributed by atoms with Gasteiger partial charge in [-0.2, -0.15) is 5.26 Å². The predicted molar refractivity (Wildman–Crippen MR) is 79.9 cm³/mol. The van der Waals surface area contributed by atoms with Gasteiger partial charge < -0.3 is 10.2 Å². The minimum absolute atomic E-state index is 0.469. The number of hydrogen-bond acceptors (Lipinski definition) is 6. The Bertz CT molecular complexity index is 683. The van der Waals surface area contributed by atoms with Gasteiger partial charge in [0.2, 0.25) is 5.88 Å². The summed E-state index contributed by atoms with van der Waals surface area (Å²) in [6, 6.07) is 5.71. The molecule has 0 fully saturated rings. The Morgan fingerprint density at radius 1 is 1.29 bits per heavy atom. The van der Waals surface area contributed by atoms with Crippen LogP contribution in [-0.2, 0) is 6.42 Å². The van der Waals surface area contributed by atoms with Crippen LogP contribution >= 0.6 is 0 Å². The number of aryl methyl sites for hydroxylation is 2. The second-order valence-corrected chi connectivity index (χ2v) is 4.66. The second-order valence-electron chi connectivity index (χ2n) is 4.66. The lowest BCUT2D eigenvalue weighted by atomic mass is 10.1. The van der Waals surface area contributed by atoms with Gasteiger partial charge in [0, 0.05) is 0 Å². The number of nitrogens with zero attached hydrogens (tertiary/aromatic N) is 3. The molecule has 0 radical (unpaired) electrons. The molecule has 108 valence electrons. The third-order valence-electron chi connectivity index (χ3n) is 3.18. The van der Waals surface area contributed by atoms with Gasteiger partial charge in [0.1, 0.15) is 17.9 Å². The first-order valence-electron chi connectivity index (χ1n) is 6.60. The molecule has 6 heteroatoms. The number of ether oxygens (including phenoxy) is 1. The number of hydrogen-bond donors (Lipinski definition) is 2. The number of benzene rings is 1. The van der Waals surface area contributed by atoms with Crippen LogP contribution in [0.4, 0.5) is 5.82 Å². The number of aromatic nitrogens is 2. The van der Waals surface area contributed by atoms with Crippen molar-refractivity contribution in [3.63, 3.8) is 0 Å². The van der Waals surface area contributed by atoms with Crippen LogP contribution in [-0.4, -0.2) is 9.97 Å². The van der Waals surface area contributed by atoms with Crippen LogP contribution < -0.4 is 16.0 Å². The van der Waals surface area contributed by atoms with Crippen molar-refractivity contribution >= 4 is 5.82 Å². The second kappa shape index (κ2) is 6.20. The maximum atomic E-state index is 8.98. The van der Waals surface area contributed by atoms with E-state index in [0.717, 1.165) is 16.7 Å². The van der Waals surface area contributed by atoms with Gasteiger partial charge in [-0.05, 0) is 43.5 Å². The van der Waals surface area contributed by atoms with Crippen LogP contribution in [0.1, 0.15) is 29.2 Å². The van der Waals surface area contributed by atoms with Crippen LogP contribution in [0.3, 0.4) is 0 Å². The Kier molecular flexibility index (Phi) is 4.36. The average Bonchev–Trinajstić information content (AvgIpc) is 2.50. The highest BCUT2D eigenvalue weighted by Gasteiger charge is 2.14. The Hall–Kier alpha value is -2.65. The summed E-state index contributed by atoms with van der Waals surface area (Å²) in [7, 11) is 0. The average molecular weight is 283 g/mol. The lowest BCUT2D eigenvalue weighted by Gasteiger charge is -2.15. The highest BCUT2D eigenvalue weighted by atomic mass is 16.5. The number of hydrazine groups is 1. The molecule has 1 heterocycles. The Morgan fingerprint density at radius 2 is 1.95 bits per heavy atom. The van der Waals surface area contributed by atoms with Crippen LogP contribution in [0.5, 0.6) is 11.6 Å². The Balaban J connectivity index is 2.46. The van der Waals surface area contributed by atoms with Gasteiger partial charge in [-0.1, -0.05) is 6.92 Å². The van der Waals surface area contributed by atoms with Crippen molar-refractivity contribution in [1.29, 1.82) is 5.26 Å². The third kappa shape index (κ3) is 2.93. The van der Waals surface area contributed by atoms with E-state index in [2.05, 4.69) is 21.5 Å². The maximum Gasteiger partial charge on any atom is 0.227 e. The normalized spacial score (nSPS) is 10.0. The molecule has 0 aliphatic rings. The number of rotatable bonds is 4. The molecule has 2 rings (SSSR count). The van der Waals surface area contributed by atoms with E-state index in [-0.39, 0.29) is 0 Å². The van der Waals surface area contributed by atoms with Gasteiger partial charge >= 0.3 is 0 Å². The van der Waals surface area contributed by atoms with Crippen LogP contribution in [0.2, 0.25) is 0 Å². The van der Waals surface area contributed by atoms with E-state index in [1.165, 1.54) is 6.33 Å². The van der Waals surface area contributed by atoms with Crippen LogP contribution in [0.15, 0.2) is 18.5 Å². The van der Waals surface area contributed by atoms with Gasteiger partial charge in [-0.3, -0.25) is 0 Å². The summed E-state index contributed by atoms with van der Waals surface area (Å²) in [6.07, 6.45) is 2.09. The molecule has 0 spiro atoms. The fourth-order valence-electron chi connectivity index (χ4n) is 2.20. The first kappa shape index (κ1) is 14.8. The van der Waals surface area contributed by atoms with Gasteiger partial charge in [-0.15, -0.1) is 0 Å². The summed E-state index contributed by atoms with van der Waals surface area (Å²) in [5.74, 6) is 7.17. The smallest absolute Gasteiger partial charge is 0.227 e. The molecule has 0 bridgehead atoms. The molecular weight excluding hydrogens is 266 g/mol. The van der Waals surface area contributed by atoms with Gasteiger partial charge in [0.05, 0.1) is 17.2 Å². The van der Waals surface area contributed by atoms with E-state index in [4.69, 9.17) is 15.8 Å². The standard InChI is InChI=1S/C15H17N5O/c1-4-12-14(20-17)18-8-19-15(12)21-13-9(2)5-11(7-16)6-10(13)3/h5-6,8H,4,17H2,1-3H3,(H,18,19,20). The summed E-state index contributed by atoms with van der Waals surface area (Å²) in [5, 5.41) is 8.98. The minimum Gasteiger partial charge on any atom is -0.438 e. The summed E-state index contributed by atoms with van der Waals surface area (Å²) < 4.78 is 5.95. The summed E-state index contributed by atoms with van der Waals surface area (Å²) >= 11 is 0. The quantitative estimate of drug-likeness (QED) is 0.661. The fraction of sp³-hybridized carbons (Fsp3) is 0.267. The van der Waals surface area contributed by atoms with Crippen molar-refractivity contribution in [3.05, 3.63) is 40.7 Å². The first-order valence-corrected chi connectivity index (χ1v) is 6.60. The Labute approximate surface area is 123 Å². The SMILES string of the molecule is CCc1c(NN)ncnc1Oc1c(C)cc(C#N)cc1C. The van der Waals surface area contributed by atoms with Crippen molar-refractivity contribution in [3.8, 4) is 17.7 Å². The number of nitrogens with two attached hydrogens (primary N) is 1. The van der Waals surface area contributed by atoms with Gasteiger partial charge in [0.25, 0.3) is 0 Å². The molecule has 1 aromatic carbocycles. The molecule has 0 amide bonds. The molecule has 3 N–H and O–H groups in total. The van der Waals surface area contributed by atoms with Crippen molar-refractivity contribution < 1.29 is 4.74 Å². The van der Waals surface area contributed by atoms with E-state index < -0.39 is 0 Å². The van der Waals surface area contributed by atoms with E-state index in [1.807, 2.05) is 20.8 Å². The van der Waals surface area contributed by atoms with Crippen LogP contribution in [0, 0.1) is 25.2 Å². The molecule has 0 aliphatic carbocycles. The molecule has 0 saturated heterocycles. The van der Waals surface area contributed by atoms with Crippen molar-refractivity contribution in [2.45, 2.75) is 27.2 Å². The highest BCUT2D eigenvalue weighted by Crippen LogP contribution is 2.32. The lowest BCUT2D eigenvalue weighted by Crippen LogP contribution is -2.12. The molecule has 0 unspecified atom stereocenters. The largest absolute Gasteiger partial charge is 0.438 e. The topological polar surface area (TPSA) is 96.8 Å². The number of nitriles is 1. The zero-order chi connectivity index (χ0) is 15.4. The zero-order valence-electron chi connectivity index (χ0n) is 12.3. The predicted octanol–water partition coefficient (Wildman–Crippen LogP) is 2.61. The molecule has 0 saturated carbocycles. The lowest BCUT2D eigenvalue weighted by molar-refractivity contribution is 0.449. The monoisotopic (exact) mass is 283 g/mol. The van der Waals surface area contributed by atoms with Crippen molar-refractivity contribution in [2.75, 3.05) is 5.43 Å². The summed E-state index contributed by atoms with van der Waals surface area (Å²) in [6.45, 7) is 5.78. The van der Waals surface area contributed by atoms with E-state index in [1.54, 1.807) is 12.1 Å². The maximum absolute atomic E-state index is 8.98. The molecule has 6 nitrogen and oxygen atoms in total. The summed E-state index contributed by atoms with van der Waals surface area (Å²) in [5.41, 5.74) is 5.73. The molecule has 1 aromatic heterocycles. The molecule has 0 aliphatic heterocycles. The van der Waals surface area contributed by atoms with Gasteiger partial charge in [-0.25, -0.2) is 15.8 Å². The molecule has 2 aromatic rings. The number of nitrogen functional groups attached to an aromatic ring is 1. The minimum atomic E-state index is 0.469. The fourth-order valence-corrected chi connectivity index (χ4v) is 2.20. The van der Waals surface area contributed by atoms with E-state index in [9.17, 15) is 0 Å². The molecule has 0 atom stereocenters. The van der Waals surface area contributed by atoms with E-state index in [0.29, 0.717) is 29.4 Å². The zero-order valence-corrected chi connectivity index (χ0v) is 12.3. The Morgan fingerprint density at radius 3 is 2.48 bits per heavy atom. The number of nitrogens with one attached hydrogen (secondary N) is 1. The molecule has 21 heavy (non-hydrogen) atoms. The van der Waals surface area contributed by atoms with E-state index >= 15 is 0 Å². The first-order chi connectivity index (χ1) is 10.1. The summed E-state index contributed by atoms with van der Waals surface area (Å²) in [4.78, 5) is 8.26. The molecular formula is C15H17N5O. The highest BCUT2D eigenvalue weighted by molar-refractivity contribution is 5.52.